The van der Waals surface area contributed by atoms with E-state index in [0.29, 0.717) is 30.6 Å². The first-order valence-electron chi connectivity index (χ1n) is 6.96. The number of benzene rings is 1. The van der Waals surface area contributed by atoms with Gasteiger partial charge in [0.1, 0.15) is 0 Å². The molecule has 3 amide bonds. The second kappa shape index (κ2) is 6.39. The maximum Gasteiger partial charge on any atom is 0.229 e. The number of carbonyl (C=O) groups excluding carboxylic acids is 3. The summed E-state index contributed by atoms with van der Waals surface area (Å²) in [6, 6.07) is 5.22. The molecule has 0 radical (unpaired) electrons. The Bertz CT molecular complexity index is 568. The Morgan fingerprint density at radius 3 is 2.57 bits per heavy atom. The Hall–Kier alpha value is -2.37. The Kier molecular flexibility index (Phi) is 4.57. The van der Waals surface area contributed by atoms with Crippen molar-refractivity contribution in [3.05, 3.63) is 23.8 Å². The van der Waals surface area contributed by atoms with E-state index in [4.69, 9.17) is 5.73 Å². The Labute approximate surface area is 123 Å². The molecule has 3 N–H and O–H groups in total. The van der Waals surface area contributed by atoms with Crippen molar-refractivity contribution in [3.8, 4) is 0 Å². The molecule has 1 aliphatic rings. The number of nitrogens with one attached hydrogen (secondary N) is 1. The van der Waals surface area contributed by atoms with Crippen LogP contribution < -0.4 is 11.1 Å². The highest BCUT2D eigenvalue weighted by molar-refractivity contribution is 5.98. The molecule has 1 saturated heterocycles. The normalized spacial score (nSPS) is 15.2. The monoisotopic (exact) mass is 289 g/mol. The van der Waals surface area contributed by atoms with Crippen molar-refractivity contribution in [2.45, 2.75) is 32.6 Å². The van der Waals surface area contributed by atoms with Gasteiger partial charge in [0.15, 0.2) is 0 Å². The molecule has 0 aliphatic carbocycles. The lowest BCUT2D eigenvalue weighted by Gasteiger charge is -2.24. The molecule has 1 aromatic carbocycles. The van der Waals surface area contributed by atoms with Crippen LogP contribution in [0.25, 0.3) is 0 Å². The molecule has 0 aromatic heterocycles. The Morgan fingerprint density at radius 1 is 1.29 bits per heavy atom. The lowest BCUT2D eigenvalue weighted by Crippen LogP contribution is -2.41. The molecule has 1 aliphatic heterocycles. The van der Waals surface area contributed by atoms with Crippen LogP contribution in [0.5, 0.6) is 0 Å². The van der Waals surface area contributed by atoms with Gasteiger partial charge in [-0.25, -0.2) is 0 Å². The van der Waals surface area contributed by atoms with Crippen LogP contribution in [-0.4, -0.2) is 29.2 Å². The molecule has 0 unspecified atom stereocenters. The zero-order chi connectivity index (χ0) is 15.4. The van der Waals surface area contributed by atoms with Crippen molar-refractivity contribution in [1.82, 2.24) is 4.90 Å². The molecular formula is C15H19N3O3. The van der Waals surface area contributed by atoms with Gasteiger partial charge < -0.3 is 11.1 Å². The fraction of sp³-hybridized carbons (Fsp3) is 0.400. The maximum atomic E-state index is 11.9. The first-order chi connectivity index (χ1) is 9.97. The molecule has 2 rings (SSSR count). The van der Waals surface area contributed by atoms with Gasteiger partial charge in [0, 0.05) is 37.2 Å². The van der Waals surface area contributed by atoms with Crippen molar-refractivity contribution in [2.24, 2.45) is 0 Å². The molecule has 0 bridgehead atoms. The Balaban J connectivity index is 1.90. The van der Waals surface area contributed by atoms with Crippen LogP contribution >= 0.6 is 0 Å². The van der Waals surface area contributed by atoms with Gasteiger partial charge in [0.05, 0.1) is 0 Å². The molecule has 0 spiro atoms. The van der Waals surface area contributed by atoms with Crippen LogP contribution in [0.3, 0.4) is 0 Å². The van der Waals surface area contributed by atoms with Crippen molar-refractivity contribution in [3.63, 3.8) is 0 Å². The van der Waals surface area contributed by atoms with Gasteiger partial charge in [-0.15, -0.1) is 0 Å². The van der Waals surface area contributed by atoms with E-state index in [9.17, 15) is 14.4 Å². The number of imide groups is 1. The third-order valence-electron chi connectivity index (χ3n) is 3.47. The third-order valence-corrected chi connectivity index (χ3v) is 3.47. The van der Waals surface area contributed by atoms with E-state index in [2.05, 4.69) is 5.32 Å². The second-order valence-corrected chi connectivity index (χ2v) is 5.17. The van der Waals surface area contributed by atoms with Crippen LogP contribution in [0.4, 0.5) is 11.4 Å². The van der Waals surface area contributed by atoms with E-state index in [1.165, 1.54) is 4.90 Å². The van der Waals surface area contributed by atoms with Crippen LogP contribution in [0, 0.1) is 6.92 Å². The van der Waals surface area contributed by atoms with Gasteiger partial charge >= 0.3 is 0 Å². The van der Waals surface area contributed by atoms with E-state index in [1.54, 1.807) is 18.2 Å². The molecule has 112 valence electrons. The molecule has 6 heteroatoms. The predicted molar refractivity (Wildman–Crippen MR) is 79.4 cm³/mol. The summed E-state index contributed by atoms with van der Waals surface area (Å²) in [5.41, 5.74) is 7.84. The molecule has 1 aromatic rings. The topological polar surface area (TPSA) is 92.5 Å². The largest absolute Gasteiger partial charge is 0.399 e. The lowest BCUT2D eigenvalue weighted by molar-refractivity contribution is -0.148. The van der Waals surface area contributed by atoms with Gasteiger partial charge in [-0.1, -0.05) is 0 Å². The predicted octanol–water partition coefficient (Wildman–Crippen LogP) is 1.44. The van der Waals surface area contributed by atoms with Crippen molar-refractivity contribution < 1.29 is 14.4 Å². The highest BCUT2D eigenvalue weighted by atomic mass is 16.2. The van der Waals surface area contributed by atoms with Crippen molar-refractivity contribution >= 4 is 29.1 Å². The second-order valence-electron chi connectivity index (χ2n) is 5.17. The summed E-state index contributed by atoms with van der Waals surface area (Å²) in [6.45, 7) is 1.99. The van der Waals surface area contributed by atoms with Gasteiger partial charge in [-0.3, -0.25) is 19.3 Å². The van der Waals surface area contributed by atoms with Gasteiger partial charge in [-0.2, -0.15) is 0 Å². The number of nitrogens with zero attached hydrogens (tertiary/aromatic N) is 1. The summed E-state index contributed by atoms with van der Waals surface area (Å²) in [7, 11) is 0. The number of aryl methyl sites for hydroxylation is 1. The number of nitrogens with two attached hydrogens (primary N) is 1. The lowest BCUT2D eigenvalue weighted by atomic mass is 10.1. The number of likely N-dealkylation sites (tertiary alicyclic amines) is 1. The number of nitrogen functional groups attached to an aromatic ring is 1. The van der Waals surface area contributed by atoms with E-state index >= 15 is 0 Å². The summed E-state index contributed by atoms with van der Waals surface area (Å²) in [5, 5.41) is 2.76. The highest BCUT2D eigenvalue weighted by Crippen LogP contribution is 2.18. The van der Waals surface area contributed by atoms with E-state index in [-0.39, 0.29) is 30.7 Å². The summed E-state index contributed by atoms with van der Waals surface area (Å²) >= 11 is 0. The number of carbonyl (C=O) groups is 3. The van der Waals surface area contributed by atoms with E-state index in [0.717, 1.165) is 5.56 Å². The highest BCUT2D eigenvalue weighted by Gasteiger charge is 2.25. The molecule has 1 heterocycles. The molecule has 21 heavy (non-hydrogen) atoms. The van der Waals surface area contributed by atoms with E-state index in [1.807, 2.05) is 6.92 Å². The average molecular weight is 289 g/mol. The fourth-order valence-electron chi connectivity index (χ4n) is 2.30. The number of hydrogen-bond acceptors (Lipinski definition) is 4. The number of hydrogen-bond donors (Lipinski definition) is 2. The van der Waals surface area contributed by atoms with Crippen LogP contribution in [0.2, 0.25) is 0 Å². The van der Waals surface area contributed by atoms with E-state index < -0.39 is 0 Å². The van der Waals surface area contributed by atoms with Crippen LogP contribution in [-0.2, 0) is 14.4 Å². The number of anilines is 2. The first-order valence-corrected chi connectivity index (χ1v) is 6.96. The summed E-state index contributed by atoms with van der Waals surface area (Å²) in [4.78, 5) is 36.3. The fourth-order valence-corrected chi connectivity index (χ4v) is 2.30. The van der Waals surface area contributed by atoms with Gasteiger partial charge in [-0.05, 0) is 37.1 Å². The van der Waals surface area contributed by atoms with Gasteiger partial charge in [0.2, 0.25) is 17.7 Å². The number of amides is 3. The zero-order valence-corrected chi connectivity index (χ0v) is 12.0. The molecular weight excluding hydrogens is 270 g/mol. The minimum absolute atomic E-state index is 0.0985. The van der Waals surface area contributed by atoms with Crippen LogP contribution in [0.15, 0.2) is 18.2 Å². The molecule has 0 atom stereocenters. The minimum Gasteiger partial charge on any atom is -0.399 e. The summed E-state index contributed by atoms with van der Waals surface area (Å²) < 4.78 is 0. The summed E-state index contributed by atoms with van der Waals surface area (Å²) in [6.07, 6.45) is 1.46. The van der Waals surface area contributed by atoms with Crippen LogP contribution in [0.1, 0.15) is 31.2 Å². The molecule has 0 saturated carbocycles. The SMILES string of the molecule is Cc1cc(N)ccc1NC(=O)CCN1C(=O)CCCC1=O. The molecule has 6 nitrogen and oxygen atoms in total. The smallest absolute Gasteiger partial charge is 0.229 e. The van der Waals surface area contributed by atoms with Crippen molar-refractivity contribution in [1.29, 1.82) is 0 Å². The quantitative estimate of drug-likeness (QED) is 0.648. The zero-order valence-electron chi connectivity index (χ0n) is 12.0. The number of piperidine rings is 1. The third kappa shape index (κ3) is 3.81. The Morgan fingerprint density at radius 2 is 1.95 bits per heavy atom. The first kappa shape index (κ1) is 15.0. The standard InChI is InChI=1S/C15H19N3O3/c1-10-9-11(16)5-6-12(10)17-13(19)7-8-18-14(20)3-2-4-15(18)21/h5-6,9H,2-4,7-8,16H2,1H3,(H,17,19). The van der Waals surface area contributed by atoms with Crippen molar-refractivity contribution in [2.75, 3.05) is 17.6 Å². The molecule has 1 fully saturated rings. The maximum absolute atomic E-state index is 11.9. The number of rotatable bonds is 4. The minimum atomic E-state index is -0.228. The average Bonchev–Trinajstić information content (AvgIpc) is 2.41. The summed E-state index contributed by atoms with van der Waals surface area (Å²) in [5.74, 6) is -0.612. The van der Waals surface area contributed by atoms with Gasteiger partial charge in [0.25, 0.3) is 0 Å².